The Balaban J connectivity index is 1.74. The van der Waals surface area contributed by atoms with Crippen LogP contribution in [0.5, 0.6) is 11.5 Å². The van der Waals surface area contributed by atoms with Crippen molar-refractivity contribution in [2.45, 2.75) is 17.8 Å². The van der Waals surface area contributed by atoms with Crippen molar-refractivity contribution in [2.24, 2.45) is 0 Å². The predicted octanol–water partition coefficient (Wildman–Crippen LogP) is 2.58. The second-order valence-electron chi connectivity index (χ2n) is 4.40. The van der Waals surface area contributed by atoms with Crippen LogP contribution in [0.25, 0.3) is 0 Å². The van der Waals surface area contributed by atoms with Gasteiger partial charge in [-0.15, -0.1) is 10.2 Å². The summed E-state index contributed by atoms with van der Waals surface area (Å²) in [6.45, 7) is 0.421. The first-order valence-electron chi connectivity index (χ1n) is 6.59. The smallest absolute Gasteiger partial charge is 0.453 e. The lowest BCUT2D eigenvalue weighted by Crippen LogP contribution is -2.21. The van der Waals surface area contributed by atoms with Gasteiger partial charge in [0.1, 0.15) is 11.5 Å². The maximum absolute atomic E-state index is 12.5. The standard InChI is InChI=1S/C13H15F3N4O2S/c1-21-9-3-5-10(6-4-9)22-7-2-8-23-12-19-18-11(20(12)17)13(14,15)16/h3-6H,2,7-8,17H2,1H3. The number of ether oxygens (including phenoxy) is 2. The van der Waals surface area contributed by atoms with Gasteiger partial charge < -0.3 is 15.3 Å². The highest BCUT2D eigenvalue weighted by atomic mass is 32.2. The van der Waals surface area contributed by atoms with Crippen LogP contribution in [0, 0.1) is 0 Å². The number of nitrogens with two attached hydrogens (primary N) is 1. The van der Waals surface area contributed by atoms with Crippen molar-refractivity contribution >= 4 is 11.8 Å². The van der Waals surface area contributed by atoms with Crippen LogP contribution in [0.3, 0.4) is 0 Å². The average molecular weight is 348 g/mol. The molecule has 0 aliphatic rings. The monoisotopic (exact) mass is 348 g/mol. The molecular formula is C13H15F3N4O2S. The van der Waals surface area contributed by atoms with Crippen molar-refractivity contribution in [1.82, 2.24) is 14.9 Å². The van der Waals surface area contributed by atoms with Gasteiger partial charge >= 0.3 is 6.18 Å². The van der Waals surface area contributed by atoms with Crippen LogP contribution in [0.1, 0.15) is 12.2 Å². The minimum Gasteiger partial charge on any atom is -0.497 e. The van der Waals surface area contributed by atoms with E-state index in [-0.39, 0.29) is 5.16 Å². The quantitative estimate of drug-likeness (QED) is 0.471. The highest BCUT2D eigenvalue weighted by Gasteiger charge is 2.38. The zero-order chi connectivity index (χ0) is 16.9. The fourth-order valence-corrected chi connectivity index (χ4v) is 2.42. The molecule has 0 unspecified atom stereocenters. The molecule has 0 aliphatic heterocycles. The third kappa shape index (κ3) is 4.68. The second kappa shape index (κ2) is 7.44. The van der Waals surface area contributed by atoms with Crippen LogP contribution in [-0.4, -0.2) is 34.3 Å². The molecule has 2 N–H and O–H groups in total. The summed E-state index contributed by atoms with van der Waals surface area (Å²) in [7, 11) is 1.58. The molecule has 0 saturated heterocycles. The molecule has 2 aromatic rings. The van der Waals surface area contributed by atoms with Gasteiger partial charge in [0.05, 0.1) is 13.7 Å². The number of rotatable bonds is 7. The molecular weight excluding hydrogens is 333 g/mol. The maximum atomic E-state index is 12.5. The van der Waals surface area contributed by atoms with Gasteiger partial charge in [0.15, 0.2) is 0 Å². The topological polar surface area (TPSA) is 75.2 Å². The molecule has 0 spiro atoms. The SMILES string of the molecule is COc1ccc(OCCCSc2nnc(C(F)(F)F)n2N)cc1. The summed E-state index contributed by atoms with van der Waals surface area (Å²) in [5, 5.41) is 6.50. The lowest BCUT2D eigenvalue weighted by Gasteiger charge is -2.07. The number of methoxy groups -OCH3 is 1. The van der Waals surface area contributed by atoms with Gasteiger partial charge in [-0.05, 0) is 30.7 Å². The number of halogens is 3. The van der Waals surface area contributed by atoms with E-state index in [1.807, 2.05) is 0 Å². The molecule has 1 heterocycles. The molecule has 0 bridgehead atoms. The summed E-state index contributed by atoms with van der Waals surface area (Å²) in [5.41, 5.74) is 0. The Morgan fingerprint density at radius 2 is 1.83 bits per heavy atom. The molecule has 1 aromatic heterocycles. The van der Waals surface area contributed by atoms with Crippen molar-refractivity contribution < 1.29 is 22.6 Å². The third-order valence-corrected chi connectivity index (χ3v) is 3.80. The normalized spacial score (nSPS) is 11.5. The molecule has 126 valence electrons. The van der Waals surface area contributed by atoms with Gasteiger partial charge in [-0.3, -0.25) is 0 Å². The largest absolute Gasteiger partial charge is 0.497 e. The zero-order valence-electron chi connectivity index (χ0n) is 12.2. The number of nitrogen functional groups attached to an aromatic ring is 1. The summed E-state index contributed by atoms with van der Waals surface area (Å²) in [6, 6.07) is 7.11. The first kappa shape index (κ1) is 17.3. The number of alkyl halides is 3. The predicted molar refractivity (Wildman–Crippen MR) is 79.0 cm³/mol. The molecule has 10 heteroatoms. The Bertz CT molecular complexity index is 631. The lowest BCUT2D eigenvalue weighted by molar-refractivity contribution is -0.146. The minimum absolute atomic E-state index is 0.0155. The van der Waals surface area contributed by atoms with E-state index < -0.39 is 12.0 Å². The fourth-order valence-electron chi connectivity index (χ4n) is 1.65. The molecule has 0 fully saturated rings. The van der Waals surface area contributed by atoms with Crippen molar-refractivity contribution in [2.75, 3.05) is 25.3 Å². The third-order valence-electron chi connectivity index (χ3n) is 2.77. The molecule has 0 saturated carbocycles. The molecule has 0 atom stereocenters. The van der Waals surface area contributed by atoms with E-state index in [9.17, 15) is 13.2 Å². The Kier molecular flexibility index (Phi) is 5.59. The average Bonchev–Trinajstić information content (AvgIpc) is 2.89. The van der Waals surface area contributed by atoms with Crippen molar-refractivity contribution in [3.05, 3.63) is 30.1 Å². The Morgan fingerprint density at radius 1 is 1.17 bits per heavy atom. The van der Waals surface area contributed by atoms with Gasteiger partial charge in [0.25, 0.3) is 5.82 Å². The molecule has 0 aliphatic carbocycles. The number of nitrogens with zero attached hydrogens (tertiary/aromatic N) is 3. The number of benzene rings is 1. The fraction of sp³-hybridized carbons (Fsp3) is 0.385. The second-order valence-corrected chi connectivity index (χ2v) is 5.46. The first-order chi connectivity index (χ1) is 10.9. The summed E-state index contributed by atoms with van der Waals surface area (Å²) < 4.78 is 48.5. The molecule has 23 heavy (non-hydrogen) atoms. The molecule has 2 rings (SSSR count). The maximum Gasteiger partial charge on any atom is 0.453 e. The number of hydrogen-bond acceptors (Lipinski definition) is 6. The number of thioether (sulfide) groups is 1. The van der Waals surface area contributed by atoms with E-state index >= 15 is 0 Å². The van der Waals surface area contributed by atoms with E-state index in [4.69, 9.17) is 15.3 Å². The zero-order valence-corrected chi connectivity index (χ0v) is 13.0. The molecule has 0 amide bonds. The van der Waals surface area contributed by atoms with Gasteiger partial charge in [-0.1, -0.05) is 11.8 Å². The Hall–Kier alpha value is -2.10. The molecule has 1 aromatic carbocycles. The van der Waals surface area contributed by atoms with Crippen LogP contribution < -0.4 is 15.3 Å². The van der Waals surface area contributed by atoms with Crippen LogP contribution >= 0.6 is 11.8 Å². The van der Waals surface area contributed by atoms with Crippen LogP contribution in [0.2, 0.25) is 0 Å². The van der Waals surface area contributed by atoms with Gasteiger partial charge in [-0.2, -0.15) is 13.2 Å². The van der Waals surface area contributed by atoms with Gasteiger partial charge in [0, 0.05) is 5.75 Å². The van der Waals surface area contributed by atoms with Crippen LogP contribution in [0.4, 0.5) is 13.2 Å². The van der Waals surface area contributed by atoms with Crippen LogP contribution in [0.15, 0.2) is 29.4 Å². The Labute approximate surface area is 134 Å². The Morgan fingerprint density at radius 3 is 2.39 bits per heavy atom. The molecule has 0 radical (unpaired) electrons. The summed E-state index contributed by atoms with van der Waals surface area (Å²) in [4.78, 5) is 0. The van der Waals surface area contributed by atoms with E-state index in [0.29, 0.717) is 29.2 Å². The first-order valence-corrected chi connectivity index (χ1v) is 7.57. The highest BCUT2D eigenvalue weighted by Crippen LogP contribution is 2.29. The van der Waals surface area contributed by atoms with E-state index in [1.165, 1.54) is 0 Å². The lowest BCUT2D eigenvalue weighted by atomic mass is 10.3. The number of hydrogen-bond donors (Lipinski definition) is 1. The van der Waals surface area contributed by atoms with E-state index in [1.54, 1.807) is 31.4 Å². The van der Waals surface area contributed by atoms with Gasteiger partial charge in [-0.25, -0.2) is 4.68 Å². The summed E-state index contributed by atoms with van der Waals surface area (Å²) in [6.07, 6.45) is -4.00. The van der Waals surface area contributed by atoms with Gasteiger partial charge in [0.2, 0.25) is 5.16 Å². The van der Waals surface area contributed by atoms with E-state index in [0.717, 1.165) is 17.5 Å². The number of aromatic nitrogens is 3. The van der Waals surface area contributed by atoms with Crippen LogP contribution in [-0.2, 0) is 6.18 Å². The summed E-state index contributed by atoms with van der Waals surface area (Å²) in [5.74, 6) is 6.04. The van der Waals surface area contributed by atoms with Crippen molar-refractivity contribution in [3.63, 3.8) is 0 Å². The highest BCUT2D eigenvalue weighted by molar-refractivity contribution is 7.99. The molecule has 6 nitrogen and oxygen atoms in total. The summed E-state index contributed by atoms with van der Waals surface area (Å²) >= 11 is 1.09. The minimum atomic E-state index is -4.61. The van der Waals surface area contributed by atoms with Crippen molar-refractivity contribution in [3.8, 4) is 11.5 Å². The van der Waals surface area contributed by atoms with E-state index in [2.05, 4.69) is 10.2 Å². The van der Waals surface area contributed by atoms with Crippen molar-refractivity contribution in [1.29, 1.82) is 0 Å².